The zero-order valence-corrected chi connectivity index (χ0v) is 13.9. The highest BCUT2D eigenvalue weighted by molar-refractivity contribution is 6.70. The third kappa shape index (κ3) is 5.54. The van der Waals surface area contributed by atoms with Gasteiger partial charge in [-0.3, -0.25) is 0 Å². The maximum atomic E-state index is 6.27. The first-order valence-corrected chi connectivity index (χ1v) is 9.00. The summed E-state index contributed by atoms with van der Waals surface area (Å²) in [6.45, 7) is 14.3. The van der Waals surface area contributed by atoms with E-state index in [1.165, 1.54) is 12.8 Å². The molecule has 0 saturated heterocycles. The van der Waals surface area contributed by atoms with Gasteiger partial charge in [-0.25, -0.2) is 0 Å². The van der Waals surface area contributed by atoms with Gasteiger partial charge in [-0.2, -0.15) is 0 Å². The molecule has 0 aliphatic rings. The third-order valence-electron chi connectivity index (χ3n) is 3.36. The average molecular weight is 260 g/mol. The van der Waals surface area contributed by atoms with E-state index in [2.05, 4.69) is 41.5 Å². The summed E-state index contributed by atoms with van der Waals surface area (Å²) in [6.07, 6.45) is 3.54. The fourth-order valence-electron chi connectivity index (χ4n) is 2.00. The van der Waals surface area contributed by atoms with Gasteiger partial charge in [-0.05, 0) is 18.4 Å². The Hall–Kier alpha value is 0.137. The van der Waals surface area contributed by atoms with E-state index in [0.29, 0.717) is 5.92 Å². The fourth-order valence-corrected chi connectivity index (χ4v) is 5.53. The van der Waals surface area contributed by atoms with Crippen LogP contribution in [0.3, 0.4) is 0 Å². The molecule has 1 unspecified atom stereocenters. The van der Waals surface area contributed by atoms with Crippen LogP contribution in [0, 0.1) is 5.92 Å². The monoisotopic (exact) mass is 260 g/mol. The highest BCUT2D eigenvalue weighted by Crippen LogP contribution is 2.41. The Morgan fingerprint density at radius 2 is 1.76 bits per heavy atom. The van der Waals surface area contributed by atoms with Gasteiger partial charge < -0.3 is 8.85 Å². The first-order chi connectivity index (χ1) is 7.79. The standard InChI is InChI=1S/C14H32O2Si/c1-8-9-12-17(15-7,14(4,5)6)16-11-10-13(2)3/h13H,8-12H2,1-7H3. The van der Waals surface area contributed by atoms with Crippen LogP contribution < -0.4 is 0 Å². The minimum absolute atomic E-state index is 0.147. The predicted molar refractivity (Wildman–Crippen MR) is 77.6 cm³/mol. The SMILES string of the molecule is CCCC[Si](OC)(OCCC(C)C)C(C)(C)C. The first-order valence-electron chi connectivity index (χ1n) is 6.98. The summed E-state index contributed by atoms with van der Waals surface area (Å²) >= 11 is 0. The number of hydrogen-bond acceptors (Lipinski definition) is 2. The van der Waals surface area contributed by atoms with Gasteiger partial charge in [0.05, 0.1) is 0 Å². The lowest BCUT2D eigenvalue weighted by atomic mass is 10.2. The van der Waals surface area contributed by atoms with Gasteiger partial charge in [0.15, 0.2) is 0 Å². The summed E-state index contributed by atoms with van der Waals surface area (Å²) < 4.78 is 12.2. The minimum atomic E-state index is -2.06. The Balaban J connectivity index is 4.57. The van der Waals surface area contributed by atoms with Gasteiger partial charge in [0.2, 0.25) is 0 Å². The van der Waals surface area contributed by atoms with Crippen molar-refractivity contribution in [2.75, 3.05) is 13.7 Å². The van der Waals surface area contributed by atoms with Crippen molar-refractivity contribution in [3.05, 3.63) is 0 Å². The second-order valence-corrected chi connectivity index (χ2v) is 10.5. The van der Waals surface area contributed by atoms with Crippen LogP contribution in [-0.2, 0) is 8.85 Å². The van der Waals surface area contributed by atoms with Crippen molar-refractivity contribution < 1.29 is 8.85 Å². The lowest BCUT2D eigenvalue weighted by Gasteiger charge is -2.40. The first kappa shape index (κ1) is 17.1. The molecule has 0 N–H and O–H groups in total. The molecule has 0 aliphatic carbocycles. The smallest absolute Gasteiger partial charge is 0.343 e. The highest BCUT2D eigenvalue weighted by Gasteiger charge is 2.47. The molecule has 0 aromatic rings. The van der Waals surface area contributed by atoms with Crippen molar-refractivity contribution in [3.63, 3.8) is 0 Å². The Kier molecular flexibility index (Phi) is 7.61. The van der Waals surface area contributed by atoms with Crippen molar-refractivity contribution in [2.24, 2.45) is 5.92 Å². The molecular weight excluding hydrogens is 228 g/mol. The van der Waals surface area contributed by atoms with Crippen LogP contribution in [0.2, 0.25) is 11.1 Å². The van der Waals surface area contributed by atoms with Gasteiger partial charge >= 0.3 is 8.56 Å². The third-order valence-corrected chi connectivity index (χ3v) is 7.99. The summed E-state index contributed by atoms with van der Waals surface area (Å²) in [4.78, 5) is 0. The molecule has 0 fully saturated rings. The van der Waals surface area contributed by atoms with Crippen molar-refractivity contribution in [1.29, 1.82) is 0 Å². The van der Waals surface area contributed by atoms with Crippen molar-refractivity contribution in [2.45, 2.75) is 71.9 Å². The topological polar surface area (TPSA) is 18.5 Å². The van der Waals surface area contributed by atoms with Gasteiger partial charge in [0.25, 0.3) is 0 Å². The van der Waals surface area contributed by atoms with Gasteiger partial charge in [-0.1, -0.05) is 54.4 Å². The van der Waals surface area contributed by atoms with Crippen molar-refractivity contribution in [1.82, 2.24) is 0 Å². The molecule has 0 radical (unpaired) electrons. The minimum Gasteiger partial charge on any atom is -0.397 e. The van der Waals surface area contributed by atoms with Crippen LogP contribution in [0.15, 0.2) is 0 Å². The number of unbranched alkanes of at least 4 members (excludes halogenated alkanes) is 1. The average Bonchev–Trinajstić information content (AvgIpc) is 2.21. The quantitative estimate of drug-likeness (QED) is 0.587. The Bertz CT molecular complexity index is 199. The van der Waals surface area contributed by atoms with E-state index in [9.17, 15) is 0 Å². The Labute approximate surface area is 109 Å². The van der Waals surface area contributed by atoms with Crippen molar-refractivity contribution >= 4 is 8.56 Å². The lowest BCUT2D eigenvalue weighted by molar-refractivity contribution is 0.165. The second kappa shape index (κ2) is 7.55. The van der Waals surface area contributed by atoms with Crippen LogP contribution in [0.25, 0.3) is 0 Å². The maximum Gasteiger partial charge on any atom is 0.343 e. The van der Waals surface area contributed by atoms with E-state index in [4.69, 9.17) is 8.85 Å². The normalized spacial score (nSPS) is 16.2. The molecule has 0 saturated carbocycles. The zero-order chi connectivity index (χ0) is 13.5. The largest absolute Gasteiger partial charge is 0.397 e. The molecule has 1 atom stereocenters. The molecule has 0 heterocycles. The van der Waals surface area contributed by atoms with Crippen LogP contribution >= 0.6 is 0 Å². The number of hydrogen-bond donors (Lipinski definition) is 0. The predicted octanol–water partition coefficient (Wildman–Crippen LogP) is 4.74. The Morgan fingerprint density at radius 1 is 1.18 bits per heavy atom. The van der Waals surface area contributed by atoms with E-state index >= 15 is 0 Å². The van der Waals surface area contributed by atoms with Gasteiger partial charge in [0.1, 0.15) is 0 Å². The van der Waals surface area contributed by atoms with Crippen LogP contribution in [-0.4, -0.2) is 22.3 Å². The summed E-state index contributed by atoms with van der Waals surface area (Å²) in [5.74, 6) is 0.699. The van der Waals surface area contributed by atoms with E-state index in [-0.39, 0.29) is 5.04 Å². The van der Waals surface area contributed by atoms with E-state index in [1.54, 1.807) is 0 Å². The highest BCUT2D eigenvalue weighted by atomic mass is 28.4. The van der Waals surface area contributed by atoms with Crippen LogP contribution in [0.4, 0.5) is 0 Å². The molecule has 2 nitrogen and oxygen atoms in total. The molecule has 0 bridgehead atoms. The molecule has 0 aromatic heterocycles. The summed E-state index contributed by atoms with van der Waals surface area (Å²) in [6, 6.07) is 1.11. The van der Waals surface area contributed by atoms with E-state index < -0.39 is 8.56 Å². The summed E-state index contributed by atoms with van der Waals surface area (Å²) in [5.41, 5.74) is 0. The Morgan fingerprint density at radius 3 is 2.12 bits per heavy atom. The van der Waals surface area contributed by atoms with Gasteiger partial charge in [0, 0.05) is 18.8 Å². The molecule has 0 aromatic carbocycles. The van der Waals surface area contributed by atoms with Crippen LogP contribution in [0.5, 0.6) is 0 Å². The van der Waals surface area contributed by atoms with Crippen molar-refractivity contribution in [3.8, 4) is 0 Å². The molecule has 17 heavy (non-hydrogen) atoms. The molecular formula is C14H32O2Si. The van der Waals surface area contributed by atoms with E-state index in [0.717, 1.165) is 19.1 Å². The molecule has 0 rings (SSSR count). The molecule has 0 amide bonds. The lowest BCUT2D eigenvalue weighted by Crippen LogP contribution is -2.49. The molecule has 0 spiro atoms. The summed E-state index contributed by atoms with van der Waals surface area (Å²) in [5, 5.41) is 0.147. The summed E-state index contributed by atoms with van der Waals surface area (Å²) in [7, 11) is -0.223. The maximum absolute atomic E-state index is 6.27. The van der Waals surface area contributed by atoms with Gasteiger partial charge in [-0.15, -0.1) is 0 Å². The van der Waals surface area contributed by atoms with Crippen LogP contribution in [0.1, 0.15) is 60.8 Å². The molecule has 3 heteroatoms. The fraction of sp³-hybridized carbons (Fsp3) is 1.00. The number of rotatable bonds is 8. The molecule has 0 aliphatic heterocycles. The molecule has 104 valence electrons. The second-order valence-electron chi connectivity index (χ2n) is 6.34. The van der Waals surface area contributed by atoms with E-state index in [1.807, 2.05) is 7.11 Å². The zero-order valence-electron chi connectivity index (χ0n) is 12.9.